The summed E-state index contributed by atoms with van der Waals surface area (Å²) in [7, 11) is 8.26. The number of benzene rings is 1. The molecule has 0 saturated heterocycles. The summed E-state index contributed by atoms with van der Waals surface area (Å²) < 4.78 is 0. The van der Waals surface area contributed by atoms with Crippen molar-refractivity contribution in [1.82, 2.24) is 4.90 Å². The van der Waals surface area contributed by atoms with Crippen LogP contribution in [0.2, 0.25) is 0 Å². The molecule has 0 aromatic heterocycles. The van der Waals surface area contributed by atoms with Crippen LogP contribution in [0.4, 0.5) is 0 Å². The van der Waals surface area contributed by atoms with Crippen LogP contribution in [0.25, 0.3) is 0 Å². The van der Waals surface area contributed by atoms with Gasteiger partial charge in [0.2, 0.25) is 0 Å². The molecule has 14 heavy (non-hydrogen) atoms. The minimum Gasteiger partial charge on any atom is -0.312 e. The fourth-order valence-corrected chi connectivity index (χ4v) is 1.02. The summed E-state index contributed by atoms with van der Waals surface area (Å²) in [6, 6.07) is 10.6. The monoisotopic (exact) mass is 191 g/mol. The molecule has 0 heterocycles. The van der Waals surface area contributed by atoms with E-state index in [4.69, 9.17) is 0 Å². The van der Waals surface area contributed by atoms with Crippen molar-refractivity contribution in [1.29, 1.82) is 0 Å². The molecule has 0 saturated carbocycles. The second-order valence-electron chi connectivity index (χ2n) is 4.06. The summed E-state index contributed by atoms with van der Waals surface area (Å²) in [4.78, 5) is 2.00. The van der Waals surface area contributed by atoms with Crippen LogP contribution in [0.1, 0.15) is 24.7 Å². The van der Waals surface area contributed by atoms with Crippen LogP contribution >= 0.6 is 0 Å². The van der Waals surface area contributed by atoms with Crippen LogP contribution in [-0.4, -0.2) is 33.9 Å². The Hall–Kier alpha value is -0.755. The summed E-state index contributed by atoms with van der Waals surface area (Å²) in [5.41, 5.74) is 1.45. The number of nitrogens with zero attached hydrogens (tertiary/aromatic N) is 1. The predicted octanol–water partition coefficient (Wildman–Crippen LogP) is 1.95. The van der Waals surface area contributed by atoms with E-state index in [9.17, 15) is 0 Å². The molecular formula is C12H22BN. The van der Waals surface area contributed by atoms with Crippen LogP contribution in [0.3, 0.4) is 0 Å². The van der Waals surface area contributed by atoms with Gasteiger partial charge in [-0.2, -0.15) is 0 Å². The Morgan fingerprint density at radius 2 is 1.57 bits per heavy atom. The summed E-state index contributed by atoms with van der Waals surface area (Å²) in [5.74, 6) is 0.709. The first-order valence-electron chi connectivity index (χ1n) is 5.23. The molecule has 1 unspecified atom stereocenters. The zero-order valence-electron chi connectivity index (χ0n) is 10.1. The highest BCUT2D eigenvalue weighted by atomic mass is 15.0. The lowest BCUT2D eigenvalue weighted by atomic mass is 9.79. The van der Waals surface area contributed by atoms with Gasteiger partial charge in [-0.1, -0.05) is 49.2 Å². The topological polar surface area (TPSA) is 3.24 Å². The van der Waals surface area contributed by atoms with Gasteiger partial charge in [0.25, 0.3) is 0 Å². The third-order valence-electron chi connectivity index (χ3n) is 1.98. The van der Waals surface area contributed by atoms with Crippen molar-refractivity contribution in [2.75, 3.05) is 21.1 Å². The van der Waals surface area contributed by atoms with Gasteiger partial charge in [-0.3, -0.25) is 0 Å². The van der Waals surface area contributed by atoms with E-state index < -0.39 is 0 Å². The van der Waals surface area contributed by atoms with Crippen molar-refractivity contribution < 1.29 is 0 Å². The maximum Gasteiger partial charge on any atom is 0.111 e. The van der Waals surface area contributed by atoms with Crippen LogP contribution in [0.5, 0.6) is 0 Å². The van der Waals surface area contributed by atoms with Gasteiger partial charge in [0.05, 0.1) is 0 Å². The Kier molecular flexibility index (Phi) is 7.22. The largest absolute Gasteiger partial charge is 0.312 e. The second-order valence-corrected chi connectivity index (χ2v) is 4.06. The second kappa shape index (κ2) is 7.63. The Balaban J connectivity index is 0.000000364. The average molecular weight is 191 g/mol. The quantitative estimate of drug-likeness (QED) is 0.646. The Morgan fingerprint density at radius 1 is 1.14 bits per heavy atom. The first-order chi connectivity index (χ1) is 6.57. The summed E-state index contributed by atoms with van der Waals surface area (Å²) in [6.07, 6.45) is 1.23. The molecule has 2 heteroatoms. The van der Waals surface area contributed by atoms with Gasteiger partial charge >= 0.3 is 0 Å². The standard InChI is InChI=1S/C9H13B.C3H9N/c1-2-9(10)8-6-4-3-5-7-8;1-4(2)3/h3-7,9H,2,10H2,1H3;1-3H3. The van der Waals surface area contributed by atoms with Crippen molar-refractivity contribution >= 4 is 7.85 Å². The molecule has 0 aliphatic rings. The fraction of sp³-hybridized carbons (Fsp3) is 0.500. The minimum atomic E-state index is 0.709. The molecule has 1 atom stereocenters. The minimum absolute atomic E-state index is 0.709. The van der Waals surface area contributed by atoms with Gasteiger partial charge in [-0.05, 0) is 27.0 Å². The summed E-state index contributed by atoms with van der Waals surface area (Å²) in [6.45, 7) is 2.22. The van der Waals surface area contributed by atoms with Gasteiger partial charge in [0, 0.05) is 0 Å². The molecule has 0 spiro atoms. The maximum absolute atomic E-state index is 2.26. The normalized spacial score (nSPS) is 11.8. The van der Waals surface area contributed by atoms with E-state index in [2.05, 4.69) is 45.1 Å². The third kappa shape index (κ3) is 6.73. The van der Waals surface area contributed by atoms with E-state index in [1.165, 1.54) is 12.0 Å². The van der Waals surface area contributed by atoms with E-state index in [1.807, 2.05) is 26.0 Å². The van der Waals surface area contributed by atoms with Crippen LogP contribution in [0, 0.1) is 0 Å². The summed E-state index contributed by atoms with van der Waals surface area (Å²) >= 11 is 0. The molecule has 0 fully saturated rings. The lowest BCUT2D eigenvalue weighted by Crippen LogP contribution is -1.99. The van der Waals surface area contributed by atoms with E-state index >= 15 is 0 Å². The SMILES string of the molecule is BC(CC)c1ccccc1.CN(C)C. The zero-order valence-corrected chi connectivity index (χ0v) is 10.1. The van der Waals surface area contributed by atoms with E-state index in [-0.39, 0.29) is 0 Å². The summed E-state index contributed by atoms with van der Waals surface area (Å²) in [5, 5.41) is 0. The lowest BCUT2D eigenvalue weighted by Gasteiger charge is -2.06. The molecule has 0 amide bonds. The molecule has 78 valence electrons. The number of rotatable bonds is 2. The molecule has 0 aliphatic heterocycles. The molecule has 0 bridgehead atoms. The molecule has 1 nitrogen and oxygen atoms in total. The van der Waals surface area contributed by atoms with Crippen molar-refractivity contribution in [3.63, 3.8) is 0 Å². The molecule has 0 aliphatic carbocycles. The van der Waals surface area contributed by atoms with Gasteiger partial charge < -0.3 is 4.90 Å². The van der Waals surface area contributed by atoms with Crippen LogP contribution in [-0.2, 0) is 0 Å². The zero-order chi connectivity index (χ0) is 11.0. The first kappa shape index (κ1) is 13.2. The van der Waals surface area contributed by atoms with Crippen LogP contribution < -0.4 is 0 Å². The molecule has 0 radical (unpaired) electrons. The highest BCUT2D eigenvalue weighted by Gasteiger charge is 1.99. The number of hydrogen-bond acceptors (Lipinski definition) is 1. The predicted molar refractivity (Wildman–Crippen MR) is 67.6 cm³/mol. The Morgan fingerprint density at radius 3 is 1.93 bits per heavy atom. The van der Waals surface area contributed by atoms with Gasteiger partial charge in [-0.25, -0.2) is 0 Å². The van der Waals surface area contributed by atoms with E-state index in [0.717, 1.165) is 0 Å². The molecule has 1 aromatic carbocycles. The highest BCUT2D eigenvalue weighted by molar-refractivity contribution is 6.12. The highest BCUT2D eigenvalue weighted by Crippen LogP contribution is 2.13. The molecule has 0 N–H and O–H groups in total. The third-order valence-corrected chi connectivity index (χ3v) is 1.98. The van der Waals surface area contributed by atoms with Gasteiger partial charge in [-0.15, -0.1) is 0 Å². The Labute approximate surface area is 89.5 Å². The van der Waals surface area contributed by atoms with Crippen molar-refractivity contribution in [2.24, 2.45) is 0 Å². The van der Waals surface area contributed by atoms with E-state index in [0.29, 0.717) is 5.82 Å². The molecular weight excluding hydrogens is 169 g/mol. The number of hydrogen-bond donors (Lipinski definition) is 0. The maximum atomic E-state index is 2.26. The van der Waals surface area contributed by atoms with Gasteiger partial charge in [0.15, 0.2) is 0 Å². The Bertz CT molecular complexity index is 218. The van der Waals surface area contributed by atoms with Crippen molar-refractivity contribution in [3.8, 4) is 0 Å². The first-order valence-corrected chi connectivity index (χ1v) is 5.23. The fourth-order valence-electron chi connectivity index (χ4n) is 1.02. The van der Waals surface area contributed by atoms with Gasteiger partial charge in [0.1, 0.15) is 7.85 Å². The smallest absolute Gasteiger partial charge is 0.111 e. The molecule has 1 aromatic rings. The lowest BCUT2D eigenvalue weighted by molar-refractivity contribution is 0.505. The van der Waals surface area contributed by atoms with E-state index in [1.54, 1.807) is 0 Å². The van der Waals surface area contributed by atoms with Crippen LogP contribution in [0.15, 0.2) is 30.3 Å². The van der Waals surface area contributed by atoms with Crippen molar-refractivity contribution in [3.05, 3.63) is 35.9 Å². The molecule has 1 rings (SSSR count). The van der Waals surface area contributed by atoms with Crippen molar-refractivity contribution in [2.45, 2.75) is 19.2 Å². The average Bonchev–Trinajstić information content (AvgIpc) is 2.17.